The number of aliphatic hydroxyl groups is 1. The minimum Gasteiger partial charge on any atom is -0.391 e. The van der Waals surface area contributed by atoms with Crippen molar-refractivity contribution in [2.75, 3.05) is 26.2 Å². The minimum absolute atomic E-state index is 0.151. The maximum atomic E-state index is 11.8. The average Bonchev–Trinajstić information content (AvgIpc) is 2.38. The van der Waals surface area contributed by atoms with E-state index in [-0.39, 0.29) is 12.1 Å². The Morgan fingerprint density at radius 1 is 1.35 bits per heavy atom. The monoisotopic (exact) mass is 285 g/mol. The number of piperidine rings is 1. The largest absolute Gasteiger partial charge is 0.391 e. The normalized spacial score (nSPS) is 19.1. The van der Waals surface area contributed by atoms with Crippen molar-refractivity contribution in [1.29, 1.82) is 0 Å². The molecule has 20 heavy (non-hydrogen) atoms. The number of nitrogens with one attached hydrogen (secondary N) is 2. The molecule has 1 fully saturated rings. The highest BCUT2D eigenvalue weighted by Crippen LogP contribution is 2.10. The Balaban J connectivity index is 2.14. The highest BCUT2D eigenvalue weighted by molar-refractivity contribution is 5.74. The third-order valence-corrected chi connectivity index (χ3v) is 3.70. The van der Waals surface area contributed by atoms with Crippen LogP contribution in [0, 0.1) is 5.92 Å². The van der Waals surface area contributed by atoms with Crippen molar-refractivity contribution in [1.82, 2.24) is 15.5 Å². The summed E-state index contributed by atoms with van der Waals surface area (Å²) in [6.45, 7) is 9.93. The molecule has 2 amide bonds. The zero-order chi connectivity index (χ0) is 15.0. The van der Waals surface area contributed by atoms with Crippen molar-refractivity contribution >= 4 is 6.03 Å². The van der Waals surface area contributed by atoms with Crippen LogP contribution in [0.15, 0.2) is 0 Å². The van der Waals surface area contributed by atoms with Crippen LogP contribution in [-0.4, -0.2) is 54.4 Å². The molecular weight excluding hydrogens is 254 g/mol. The fraction of sp³-hybridized carbons (Fsp3) is 0.933. The molecule has 0 spiro atoms. The Hall–Kier alpha value is -0.810. The van der Waals surface area contributed by atoms with E-state index in [0.717, 1.165) is 38.9 Å². The molecule has 0 aromatic carbocycles. The van der Waals surface area contributed by atoms with Gasteiger partial charge in [0, 0.05) is 25.7 Å². The number of urea groups is 1. The van der Waals surface area contributed by atoms with Gasteiger partial charge < -0.3 is 20.6 Å². The lowest BCUT2D eigenvalue weighted by Crippen LogP contribution is -2.49. The second-order valence-electron chi connectivity index (χ2n) is 6.25. The molecule has 1 rings (SSSR count). The average molecular weight is 285 g/mol. The topological polar surface area (TPSA) is 64.6 Å². The number of hydrogen-bond acceptors (Lipinski definition) is 3. The van der Waals surface area contributed by atoms with Crippen molar-refractivity contribution < 1.29 is 9.90 Å². The van der Waals surface area contributed by atoms with E-state index in [1.807, 2.05) is 0 Å². The number of nitrogens with zero attached hydrogens (tertiary/aromatic N) is 1. The molecule has 0 aromatic rings. The molecule has 0 aliphatic carbocycles. The van der Waals surface area contributed by atoms with E-state index in [0.29, 0.717) is 12.5 Å². The van der Waals surface area contributed by atoms with Gasteiger partial charge in [0.1, 0.15) is 0 Å². The van der Waals surface area contributed by atoms with Gasteiger partial charge in [-0.3, -0.25) is 0 Å². The van der Waals surface area contributed by atoms with E-state index in [9.17, 15) is 9.90 Å². The van der Waals surface area contributed by atoms with Crippen LogP contribution in [-0.2, 0) is 0 Å². The van der Waals surface area contributed by atoms with Gasteiger partial charge in [0.2, 0.25) is 0 Å². The van der Waals surface area contributed by atoms with Gasteiger partial charge in [-0.15, -0.1) is 0 Å². The summed E-state index contributed by atoms with van der Waals surface area (Å²) in [4.78, 5) is 14.2. The third-order valence-electron chi connectivity index (χ3n) is 3.70. The standard InChI is InChI=1S/C15H31N3O2/c1-4-7-18-8-5-13(6-9-18)17-15(20)16-11-14(19)10-12(2)3/h12-14,19H,4-11H2,1-3H3,(H2,16,17,20). The Kier molecular flexibility index (Phi) is 7.92. The second kappa shape index (κ2) is 9.19. The lowest BCUT2D eigenvalue weighted by Gasteiger charge is -2.32. The minimum atomic E-state index is -0.452. The van der Waals surface area contributed by atoms with Crippen LogP contribution in [0.1, 0.15) is 46.5 Å². The van der Waals surface area contributed by atoms with Gasteiger partial charge in [0.25, 0.3) is 0 Å². The fourth-order valence-electron chi connectivity index (χ4n) is 2.69. The second-order valence-corrected chi connectivity index (χ2v) is 6.25. The maximum Gasteiger partial charge on any atom is 0.315 e. The summed E-state index contributed by atoms with van der Waals surface area (Å²) in [5.41, 5.74) is 0. The molecule has 3 N–H and O–H groups in total. The van der Waals surface area contributed by atoms with Crippen molar-refractivity contribution in [2.24, 2.45) is 5.92 Å². The molecule has 118 valence electrons. The van der Waals surface area contributed by atoms with Crippen molar-refractivity contribution in [2.45, 2.75) is 58.6 Å². The number of carbonyl (C=O) groups excluding carboxylic acids is 1. The number of carbonyl (C=O) groups is 1. The first-order chi connectivity index (χ1) is 9.51. The summed E-state index contributed by atoms with van der Waals surface area (Å²) in [6.07, 6.45) is 3.48. The van der Waals surface area contributed by atoms with E-state index in [2.05, 4.69) is 36.3 Å². The summed E-state index contributed by atoms with van der Waals surface area (Å²) in [5.74, 6) is 0.442. The van der Waals surface area contributed by atoms with E-state index >= 15 is 0 Å². The SMILES string of the molecule is CCCN1CCC(NC(=O)NCC(O)CC(C)C)CC1. The fourth-order valence-corrected chi connectivity index (χ4v) is 2.69. The first-order valence-corrected chi connectivity index (χ1v) is 7.96. The van der Waals surface area contributed by atoms with Gasteiger partial charge in [-0.05, 0) is 38.1 Å². The molecule has 5 heteroatoms. The zero-order valence-corrected chi connectivity index (χ0v) is 13.2. The van der Waals surface area contributed by atoms with E-state index in [1.165, 1.54) is 6.42 Å². The lowest BCUT2D eigenvalue weighted by molar-refractivity contribution is 0.145. The third kappa shape index (κ3) is 7.10. The summed E-state index contributed by atoms with van der Waals surface area (Å²) in [5, 5.41) is 15.5. The molecule has 0 aromatic heterocycles. The Morgan fingerprint density at radius 3 is 2.55 bits per heavy atom. The van der Waals surface area contributed by atoms with Gasteiger partial charge in [-0.1, -0.05) is 20.8 Å². The first-order valence-electron chi connectivity index (χ1n) is 7.96. The van der Waals surface area contributed by atoms with Crippen molar-refractivity contribution in [3.8, 4) is 0 Å². The molecule has 5 nitrogen and oxygen atoms in total. The molecule has 0 saturated carbocycles. The molecule has 1 heterocycles. The number of amides is 2. The molecular formula is C15H31N3O2. The van der Waals surface area contributed by atoms with Gasteiger partial charge in [0.15, 0.2) is 0 Å². The molecule has 0 radical (unpaired) electrons. The van der Waals surface area contributed by atoms with E-state index in [4.69, 9.17) is 0 Å². The number of rotatable bonds is 7. The smallest absolute Gasteiger partial charge is 0.315 e. The molecule has 1 aliphatic heterocycles. The van der Waals surface area contributed by atoms with Crippen LogP contribution in [0.4, 0.5) is 4.79 Å². The molecule has 1 saturated heterocycles. The maximum absolute atomic E-state index is 11.8. The predicted molar refractivity (Wildman–Crippen MR) is 81.7 cm³/mol. The zero-order valence-electron chi connectivity index (χ0n) is 13.2. The summed E-state index contributed by atoms with van der Waals surface area (Å²) >= 11 is 0. The van der Waals surface area contributed by atoms with Crippen LogP contribution >= 0.6 is 0 Å². The van der Waals surface area contributed by atoms with Gasteiger partial charge >= 0.3 is 6.03 Å². The summed E-state index contributed by atoms with van der Waals surface area (Å²) in [7, 11) is 0. The van der Waals surface area contributed by atoms with Crippen LogP contribution in [0.2, 0.25) is 0 Å². The number of hydrogen-bond donors (Lipinski definition) is 3. The van der Waals surface area contributed by atoms with Gasteiger partial charge in [-0.2, -0.15) is 0 Å². The Labute approximate surface area is 123 Å². The van der Waals surface area contributed by atoms with Crippen LogP contribution in [0.3, 0.4) is 0 Å². The van der Waals surface area contributed by atoms with E-state index < -0.39 is 6.10 Å². The number of likely N-dealkylation sites (tertiary alicyclic amines) is 1. The Morgan fingerprint density at radius 2 is 2.00 bits per heavy atom. The van der Waals surface area contributed by atoms with Gasteiger partial charge in [0.05, 0.1) is 6.10 Å². The van der Waals surface area contributed by atoms with Crippen LogP contribution < -0.4 is 10.6 Å². The Bertz CT molecular complexity index is 276. The summed E-state index contributed by atoms with van der Waals surface area (Å²) in [6, 6.07) is 0.118. The van der Waals surface area contributed by atoms with Gasteiger partial charge in [-0.25, -0.2) is 4.79 Å². The quantitative estimate of drug-likeness (QED) is 0.665. The molecule has 1 atom stereocenters. The van der Waals surface area contributed by atoms with Crippen molar-refractivity contribution in [3.63, 3.8) is 0 Å². The molecule has 1 unspecified atom stereocenters. The predicted octanol–water partition coefficient (Wildman–Crippen LogP) is 1.57. The van der Waals surface area contributed by atoms with Crippen molar-refractivity contribution in [3.05, 3.63) is 0 Å². The highest BCUT2D eigenvalue weighted by Gasteiger charge is 2.20. The van der Waals surface area contributed by atoms with Crippen LogP contribution in [0.25, 0.3) is 0 Å². The molecule has 0 bridgehead atoms. The lowest BCUT2D eigenvalue weighted by atomic mass is 10.1. The highest BCUT2D eigenvalue weighted by atomic mass is 16.3. The summed E-state index contributed by atoms with van der Waals surface area (Å²) < 4.78 is 0. The molecule has 1 aliphatic rings. The van der Waals surface area contributed by atoms with E-state index in [1.54, 1.807) is 0 Å². The first kappa shape index (κ1) is 17.2. The number of aliphatic hydroxyl groups excluding tert-OH is 1. The van der Waals surface area contributed by atoms with Crippen LogP contribution in [0.5, 0.6) is 0 Å².